The molecule has 1 aromatic heterocycles. The van der Waals surface area contributed by atoms with Crippen molar-refractivity contribution in [3.8, 4) is 11.5 Å². The molecule has 0 radical (unpaired) electrons. The lowest BCUT2D eigenvalue weighted by Gasteiger charge is -2.14. The fourth-order valence-electron chi connectivity index (χ4n) is 2.43. The molecule has 0 saturated carbocycles. The van der Waals surface area contributed by atoms with E-state index in [0.29, 0.717) is 37.5 Å². The lowest BCUT2D eigenvalue weighted by Crippen LogP contribution is -2.17. The highest BCUT2D eigenvalue weighted by molar-refractivity contribution is 7.92. The maximum atomic E-state index is 12.8. The van der Waals surface area contributed by atoms with Crippen molar-refractivity contribution in [2.75, 3.05) is 17.9 Å². The largest absolute Gasteiger partial charge is 0.490 e. The van der Waals surface area contributed by atoms with E-state index in [1.807, 2.05) is 6.92 Å². The Morgan fingerprint density at radius 3 is 2.79 bits per heavy atom. The van der Waals surface area contributed by atoms with Gasteiger partial charge in [-0.1, -0.05) is 19.4 Å². The number of aryl methyl sites for hydroxylation is 1. The monoisotopic (exact) mass is 349 g/mol. The molecule has 1 aliphatic heterocycles. The summed E-state index contributed by atoms with van der Waals surface area (Å²) in [6, 6.07) is 4.82. The average molecular weight is 349 g/mol. The van der Waals surface area contributed by atoms with E-state index < -0.39 is 10.0 Å². The summed E-state index contributed by atoms with van der Waals surface area (Å²) >= 11 is 0. The maximum absolute atomic E-state index is 12.8. The maximum Gasteiger partial charge on any atom is 0.266 e. The van der Waals surface area contributed by atoms with Gasteiger partial charge in [0.1, 0.15) is 4.90 Å². The first-order chi connectivity index (χ1) is 11.6. The minimum Gasteiger partial charge on any atom is -0.490 e. The number of nitrogens with zero attached hydrogens (tertiary/aromatic N) is 2. The molecule has 1 N–H and O–H groups in total. The van der Waals surface area contributed by atoms with Crippen LogP contribution in [0.2, 0.25) is 0 Å². The molecule has 0 bridgehead atoms. The van der Waals surface area contributed by atoms with Gasteiger partial charge < -0.3 is 9.47 Å². The van der Waals surface area contributed by atoms with Gasteiger partial charge >= 0.3 is 0 Å². The molecule has 0 saturated heterocycles. The molecule has 7 nitrogen and oxygen atoms in total. The van der Waals surface area contributed by atoms with Crippen molar-refractivity contribution in [1.29, 1.82) is 0 Å². The predicted molar refractivity (Wildman–Crippen MR) is 88.9 cm³/mol. The molecule has 2 heterocycles. The quantitative estimate of drug-likeness (QED) is 0.891. The molecule has 0 atom stereocenters. The lowest BCUT2D eigenvalue weighted by molar-refractivity contribution is 0.294. The van der Waals surface area contributed by atoms with Crippen molar-refractivity contribution in [3.05, 3.63) is 36.3 Å². The Morgan fingerprint density at radius 2 is 1.96 bits per heavy atom. The van der Waals surface area contributed by atoms with Crippen molar-refractivity contribution < 1.29 is 17.9 Å². The standard InChI is InChI=1S/C16H19N3O4S/c1-2-5-12-16(18-9-8-17-12)19-24(20,21)14-7-3-6-13-15(14)23-11-4-10-22-13/h3,6-9H,2,4-5,10-11H2,1H3,(H,18,19). The van der Waals surface area contributed by atoms with Crippen molar-refractivity contribution in [2.45, 2.75) is 31.1 Å². The van der Waals surface area contributed by atoms with Crippen molar-refractivity contribution >= 4 is 15.8 Å². The number of hydrogen-bond donors (Lipinski definition) is 1. The lowest BCUT2D eigenvalue weighted by atomic mass is 10.2. The number of hydrogen-bond acceptors (Lipinski definition) is 6. The Morgan fingerprint density at radius 1 is 1.17 bits per heavy atom. The smallest absolute Gasteiger partial charge is 0.266 e. The Kier molecular flexibility index (Phi) is 4.84. The number of benzene rings is 1. The van der Waals surface area contributed by atoms with Gasteiger partial charge in [-0.3, -0.25) is 9.71 Å². The van der Waals surface area contributed by atoms with Gasteiger partial charge in [-0.25, -0.2) is 13.4 Å². The number of sulfonamides is 1. The summed E-state index contributed by atoms with van der Waals surface area (Å²) in [5.41, 5.74) is 0.614. The van der Waals surface area contributed by atoms with Gasteiger partial charge in [0.15, 0.2) is 17.3 Å². The second kappa shape index (κ2) is 7.04. The molecule has 0 spiro atoms. The van der Waals surface area contributed by atoms with Crippen molar-refractivity contribution in [2.24, 2.45) is 0 Å². The van der Waals surface area contributed by atoms with E-state index in [4.69, 9.17) is 9.47 Å². The molecule has 24 heavy (non-hydrogen) atoms. The van der Waals surface area contributed by atoms with Crippen LogP contribution in [0.1, 0.15) is 25.5 Å². The molecule has 0 aliphatic carbocycles. The second-order valence-corrected chi connectivity index (χ2v) is 6.99. The third kappa shape index (κ3) is 3.43. The topological polar surface area (TPSA) is 90.4 Å². The molecule has 1 aromatic carbocycles. The molecule has 0 fully saturated rings. The van der Waals surface area contributed by atoms with E-state index in [0.717, 1.165) is 6.42 Å². The number of nitrogens with one attached hydrogen (secondary N) is 1. The highest BCUT2D eigenvalue weighted by Gasteiger charge is 2.25. The fourth-order valence-corrected chi connectivity index (χ4v) is 3.63. The SMILES string of the molecule is CCCc1nccnc1NS(=O)(=O)c1cccc2c1OCCCO2. The number of ether oxygens (including phenoxy) is 2. The third-order valence-electron chi connectivity index (χ3n) is 3.52. The third-order valence-corrected chi connectivity index (χ3v) is 4.88. The van der Waals surface area contributed by atoms with Crippen LogP contribution in [-0.4, -0.2) is 31.6 Å². The number of para-hydroxylation sites is 1. The molecular weight excluding hydrogens is 330 g/mol. The van der Waals surface area contributed by atoms with Crippen LogP contribution in [0.25, 0.3) is 0 Å². The van der Waals surface area contributed by atoms with E-state index in [9.17, 15) is 8.42 Å². The Hall–Kier alpha value is -2.35. The van der Waals surface area contributed by atoms with Crippen LogP contribution in [0.15, 0.2) is 35.5 Å². The first-order valence-electron chi connectivity index (χ1n) is 7.83. The summed E-state index contributed by atoms with van der Waals surface area (Å²) in [5, 5.41) is 0. The summed E-state index contributed by atoms with van der Waals surface area (Å²) in [5.74, 6) is 0.915. The number of fused-ring (bicyclic) bond motifs is 1. The minimum absolute atomic E-state index is 0.0370. The van der Waals surface area contributed by atoms with Crippen LogP contribution in [0.4, 0.5) is 5.82 Å². The zero-order chi connectivity index (χ0) is 17.0. The van der Waals surface area contributed by atoms with E-state index in [1.165, 1.54) is 12.3 Å². The van der Waals surface area contributed by atoms with E-state index >= 15 is 0 Å². The van der Waals surface area contributed by atoms with E-state index in [1.54, 1.807) is 18.3 Å². The average Bonchev–Trinajstić information content (AvgIpc) is 2.81. The highest BCUT2D eigenvalue weighted by atomic mass is 32.2. The van der Waals surface area contributed by atoms with Gasteiger partial charge in [0.2, 0.25) is 0 Å². The summed E-state index contributed by atoms with van der Waals surface area (Å²) in [4.78, 5) is 8.35. The second-order valence-electron chi connectivity index (χ2n) is 5.34. The summed E-state index contributed by atoms with van der Waals surface area (Å²) in [6.45, 7) is 2.90. The highest BCUT2D eigenvalue weighted by Crippen LogP contribution is 2.36. The van der Waals surface area contributed by atoms with Crippen LogP contribution in [0.5, 0.6) is 11.5 Å². The summed E-state index contributed by atoms with van der Waals surface area (Å²) < 4.78 is 39.3. The van der Waals surface area contributed by atoms with Gasteiger partial charge in [-0.2, -0.15) is 0 Å². The minimum atomic E-state index is -3.87. The molecule has 0 amide bonds. The first kappa shape index (κ1) is 16.5. The van der Waals surface area contributed by atoms with Crippen molar-refractivity contribution in [3.63, 3.8) is 0 Å². The zero-order valence-corrected chi connectivity index (χ0v) is 14.2. The zero-order valence-electron chi connectivity index (χ0n) is 13.4. The van der Waals surface area contributed by atoms with Gasteiger partial charge in [-0.15, -0.1) is 0 Å². The number of anilines is 1. The Bertz CT molecular complexity index is 824. The van der Waals surface area contributed by atoms with E-state index in [2.05, 4.69) is 14.7 Å². The Balaban J connectivity index is 1.98. The first-order valence-corrected chi connectivity index (χ1v) is 9.31. The van der Waals surface area contributed by atoms with Gasteiger partial charge in [-0.05, 0) is 18.6 Å². The molecule has 8 heteroatoms. The predicted octanol–water partition coefficient (Wildman–Crippen LogP) is 2.39. The summed E-state index contributed by atoms with van der Waals surface area (Å²) in [6.07, 6.45) is 5.19. The molecule has 0 unspecified atom stereocenters. The number of rotatable bonds is 5. The summed E-state index contributed by atoms with van der Waals surface area (Å²) in [7, 11) is -3.87. The van der Waals surface area contributed by atoms with Crippen LogP contribution >= 0.6 is 0 Å². The van der Waals surface area contributed by atoms with Crippen LogP contribution < -0.4 is 14.2 Å². The van der Waals surface area contributed by atoms with Crippen LogP contribution in [0, 0.1) is 0 Å². The van der Waals surface area contributed by atoms with Crippen molar-refractivity contribution in [1.82, 2.24) is 9.97 Å². The molecular formula is C16H19N3O4S. The Labute approximate surface area is 141 Å². The molecule has 1 aliphatic rings. The normalized spacial score (nSPS) is 14.0. The van der Waals surface area contributed by atoms with Gasteiger partial charge in [0.25, 0.3) is 10.0 Å². The van der Waals surface area contributed by atoms with Gasteiger partial charge in [0, 0.05) is 18.8 Å². The molecule has 2 aromatic rings. The van der Waals surface area contributed by atoms with Crippen LogP contribution in [0.3, 0.4) is 0 Å². The molecule has 128 valence electrons. The fraction of sp³-hybridized carbons (Fsp3) is 0.375. The van der Waals surface area contributed by atoms with E-state index in [-0.39, 0.29) is 16.5 Å². The molecule has 3 rings (SSSR count). The number of aromatic nitrogens is 2. The van der Waals surface area contributed by atoms with Gasteiger partial charge in [0.05, 0.1) is 18.9 Å². The van der Waals surface area contributed by atoms with Crippen LogP contribution in [-0.2, 0) is 16.4 Å².